The van der Waals surface area contributed by atoms with Gasteiger partial charge in [-0.05, 0) is 25.0 Å². The molecule has 0 unspecified atom stereocenters. The van der Waals surface area contributed by atoms with Gasteiger partial charge < -0.3 is 4.98 Å². The smallest absolute Gasteiger partial charge is 0.254 e. The van der Waals surface area contributed by atoms with Crippen LogP contribution in [0.5, 0.6) is 0 Å². The fourth-order valence-corrected chi connectivity index (χ4v) is 1.69. The zero-order chi connectivity index (χ0) is 11.5. The molecule has 4 nitrogen and oxygen atoms in total. The maximum absolute atomic E-state index is 11.6. The Kier molecular flexibility index (Phi) is 2.81. The van der Waals surface area contributed by atoms with Gasteiger partial charge in [0.05, 0.1) is 12.0 Å². The second-order valence-electron chi connectivity index (χ2n) is 3.66. The molecule has 0 aromatic carbocycles. The lowest BCUT2D eigenvalue weighted by atomic mass is 10.1. The van der Waals surface area contributed by atoms with Gasteiger partial charge >= 0.3 is 0 Å². The largest absolute Gasteiger partial charge is 0.313 e. The van der Waals surface area contributed by atoms with Crippen molar-refractivity contribution < 1.29 is 0 Å². The molecule has 2 heterocycles. The van der Waals surface area contributed by atoms with E-state index >= 15 is 0 Å². The molecule has 0 saturated carbocycles. The zero-order valence-corrected chi connectivity index (χ0v) is 9.32. The second-order valence-corrected chi connectivity index (χ2v) is 3.66. The highest BCUT2D eigenvalue weighted by molar-refractivity contribution is 5.61. The standard InChI is InChI=1S/C12H13N3O/c1-3-10-11(14-7-15-12(10)16)9-4-8(2)5-13-6-9/h4-7H,3H2,1-2H3,(H,14,15,16). The van der Waals surface area contributed by atoms with Gasteiger partial charge in [0, 0.05) is 23.5 Å². The number of aromatic amines is 1. The highest BCUT2D eigenvalue weighted by Gasteiger charge is 2.08. The molecule has 0 bridgehead atoms. The third-order valence-corrected chi connectivity index (χ3v) is 2.45. The van der Waals surface area contributed by atoms with Crippen LogP contribution in [0, 0.1) is 6.92 Å². The average Bonchev–Trinajstić information content (AvgIpc) is 2.28. The molecule has 4 heteroatoms. The first-order chi connectivity index (χ1) is 7.72. The number of rotatable bonds is 2. The van der Waals surface area contributed by atoms with E-state index in [4.69, 9.17) is 0 Å². The number of aryl methyl sites for hydroxylation is 1. The van der Waals surface area contributed by atoms with E-state index in [0.717, 1.165) is 16.8 Å². The summed E-state index contributed by atoms with van der Waals surface area (Å²) in [5.41, 5.74) is 3.30. The Hall–Kier alpha value is -1.97. The van der Waals surface area contributed by atoms with E-state index in [2.05, 4.69) is 15.0 Å². The van der Waals surface area contributed by atoms with E-state index in [1.165, 1.54) is 6.33 Å². The lowest BCUT2D eigenvalue weighted by molar-refractivity contribution is 1.01. The van der Waals surface area contributed by atoms with Crippen LogP contribution in [0.3, 0.4) is 0 Å². The van der Waals surface area contributed by atoms with Crippen molar-refractivity contribution >= 4 is 0 Å². The maximum Gasteiger partial charge on any atom is 0.254 e. The molecule has 82 valence electrons. The van der Waals surface area contributed by atoms with Gasteiger partial charge in [0.2, 0.25) is 0 Å². The minimum atomic E-state index is -0.0750. The van der Waals surface area contributed by atoms with E-state index < -0.39 is 0 Å². The van der Waals surface area contributed by atoms with Gasteiger partial charge in [-0.25, -0.2) is 4.98 Å². The molecule has 0 atom stereocenters. The molecule has 2 rings (SSSR count). The van der Waals surface area contributed by atoms with Gasteiger partial charge in [0.1, 0.15) is 0 Å². The Morgan fingerprint density at radius 1 is 1.38 bits per heavy atom. The molecule has 2 aromatic rings. The predicted molar refractivity (Wildman–Crippen MR) is 62.2 cm³/mol. The van der Waals surface area contributed by atoms with Crippen LogP contribution >= 0.6 is 0 Å². The summed E-state index contributed by atoms with van der Waals surface area (Å²) in [7, 11) is 0. The molecule has 2 aromatic heterocycles. The summed E-state index contributed by atoms with van der Waals surface area (Å²) in [4.78, 5) is 22.5. The van der Waals surface area contributed by atoms with E-state index in [1.54, 1.807) is 12.4 Å². The SMILES string of the molecule is CCc1c(-c2cncc(C)c2)nc[nH]c1=O. The first kappa shape index (κ1) is 10.5. The fraction of sp³-hybridized carbons (Fsp3) is 0.250. The fourth-order valence-electron chi connectivity index (χ4n) is 1.69. The maximum atomic E-state index is 11.6. The number of nitrogens with zero attached hydrogens (tertiary/aromatic N) is 2. The molecule has 0 aliphatic rings. The quantitative estimate of drug-likeness (QED) is 0.829. The molecule has 0 spiro atoms. The molecule has 0 fully saturated rings. The van der Waals surface area contributed by atoms with Crippen LogP contribution in [0.4, 0.5) is 0 Å². The molecule has 1 N–H and O–H groups in total. The lowest BCUT2D eigenvalue weighted by Crippen LogP contribution is -2.14. The van der Waals surface area contributed by atoms with E-state index in [0.29, 0.717) is 12.0 Å². The van der Waals surface area contributed by atoms with Crippen LogP contribution in [0.1, 0.15) is 18.1 Å². The van der Waals surface area contributed by atoms with Crippen molar-refractivity contribution in [3.63, 3.8) is 0 Å². The number of aromatic nitrogens is 3. The molecule has 0 amide bonds. The van der Waals surface area contributed by atoms with Crippen molar-refractivity contribution in [1.29, 1.82) is 0 Å². The van der Waals surface area contributed by atoms with Gasteiger partial charge in [-0.3, -0.25) is 9.78 Å². The first-order valence-corrected chi connectivity index (χ1v) is 5.21. The number of nitrogens with one attached hydrogen (secondary N) is 1. The van der Waals surface area contributed by atoms with Crippen LogP contribution in [0.2, 0.25) is 0 Å². The third-order valence-electron chi connectivity index (χ3n) is 2.45. The van der Waals surface area contributed by atoms with Gasteiger partial charge in [-0.2, -0.15) is 0 Å². The zero-order valence-electron chi connectivity index (χ0n) is 9.32. The first-order valence-electron chi connectivity index (χ1n) is 5.21. The Balaban J connectivity index is 2.64. The normalized spacial score (nSPS) is 10.4. The van der Waals surface area contributed by atoms with E-state index in [9.17, 15) is 4.79 Å². The molecule has 0 saturated heterocycles. The van der Waals surface area contributed by atoms with Crippen molar-refractivity contribution in [2.75, 3.05) is 0 Å². The summed E-state index contributed by atoms with van der Waals surface area (Å²) in [6.07, 6.45) is 5.60. The minimum absolute atomic E-state index is 0.0750. The Morgan fingerprint density at radius 2 is 2.19 bits per heavy atom. The molecule has 0 aliphatic carbocycles. The molecular formula is C12H13N3O. The number of pyridine rings is 1. The second kappa shape index (κ2) is 4.26. The summed E-state index contributed by atoms with van der Waals surface area (Å²) in [6.45, 7) is 3.91. The van der Waals surface area contributed by atoms with Crippen molar-refractivity contribution in [3.05, 3.63) is 46.3 Å². The summed E-state index contributed by atoms with van der Waals surface area (Å²) >= 11 is 0. The minimum Gasteiger partial charge on any atom is -0.313 e. The topological polar surface area (TPSA) is 58.6 Å². The van der Waals surface area contributed by atoms with Crippen molar-refractivity contribution in [1.82, 2.24) is 15.0 Å². The molecular weight excluding hydrogens is 202 g/mol. The molecule has 16 heavy (non-hydrogen) atoms. The van der Waals surface area contributed by atoms with Crippen LogP contribution in [-0.4, -0.2) is 15.0 Å². The molecule has 0 radical (unpaired) electrons. The van der Waals surface area contributed by atoms with E-state index in [-0.39, 0.29) is 5.56 Å². The van der Waals surface area contributed by atoms with Crippen LogP contribution < -0.4 is 5.56 Å². The van der Waals surface area contributed by atoms with Gasteiger partial charge in [-0.1, -0.05) is 6.92 Å². The monoisotopic (exact) mass is 215 g/mol. The Bertz CT molecular complexity index is 560. The van der Waals surface area contributed by atoms with Gasteiger partial charge in [0.25, 0.3) is 5.56 Å². The average molecular weight is 215 g/mol. The van der Waals surface area contributed by atoms with Crippen molar-refractivity contribution in [3.8, 4) is 11.3 Å². The summed E-state index contributed by atoms with van der Waals surface area (Å²) < 4.78 is 0. The summed E-state index contributed by atoms with van der Waals surface area (Å²) in [6, 6.07) is 1.98. The number of H-pyrrole nitrogens is 1. The number of hydrogen-bond donors (Lipinski definition) is 1. The Morgan fingerprint density at radius 3 is 2.88 bits per heavy atom. The summed E-state index contributed by atoms with van der Waals surface area (Å²) in [5, 5.41) is 0. The lowest BCUT2D eigenvalue weighted by Gasteiger charge is -2.05. The molecule has 0 aliphatic heterocycles. The summed E-state index contributed by atoms with van der Waals surface area (Å²) in [5.74, 6) is 0. The van der Waals surface area contributed by atoms with E-state index in [1.807, 2.05) is 19.9 Å². The third kappa shape index (κ3) is 1.86. The van der Waals surface area contributed by atoms with Crippen LogP contribution in [0.25, 0.3) is 11.3 Å². The van der Waals surface area contributed by atoms with Crippen LogP contribution in [-0.2, 0) is 6.42 Å². The number of hydrogen-bond acceptors (Lipinski definition) is 3. The Labute approximate surface area is 93.4 Å². The predicted octanol–water partition coefficient (Wildman–Crippen LogP) is 1.70. The van der Waals surface area contributed by atoms with Gasteiger partial charge in [0.15, 0.2) is 0 Å². The van der Waals surface area contributed by atoms with Gasteiger partial charge in [-0.15, -0.1) is 0 Å². The highest BCUT2D eigenvalue weighted by atomic mass is 16.1. The highest BCUT2D eigenvalue weighted by Crippen LogP contribution is 2.18. The van der Waals surface area contributed by atoms with Crippen molar-refractivity contribution in [2.24, 2.45) is 0 Å². The van der Waals surface area contributed by atoms with Crippen LogP contribution in [0.15, 0.2) is 29.6 Å². The van der Waals surface area contributed by atoms with Crippen molar-refractivity contribution in [2.45, 2.75) is 20.3 Å².